The van der Waals surface area contributed by atoms with Crippen molar-refractivity contribution in [1.82, 2.24) is 0 Å². The van der Waals surface area contributed by atoms with Gasteiger partial charge in [0, 0.05) is 3.57 Å². The Morgan fingerprint density at radius 3 is 2.83 bits per heavy atom. The van der Waals surface area contributed by atoms with Crippen molar-refractivity contribution in [1.29, 1.82) is 0 Å². The summed E-state index contributed by atoms with van der Waals surface area (Å²) in [7, 11) is 0. The second kappa shape index (κ2) is 3.84. The van der Waals surface area contributed by atoms with Gasteiger partial charge in [-0.2, -0.15) is 0 Å². The molecule has 0 saturated heterocycles. The number of hydrogen-bond donors (Lipinski definition) is 1. The standard InChI is InChI=1S/C8H6FIO2/c9-8-5(4-7(11)12)2-1-3-6(8)10/h1-3H,4H2,(H,11,12). The normalized spacial score (nSPS) is 9.83. The first-order chi connectivity index (χ1) is 5.61. The fraction of sp³-hybridized carbons (Fsp3) is 0.125. The monoisotopic (exact) mass is 280 g/mol. The molecule has 1 N–H and O–H groups in total. The van der Waals surface area contributed by atoms with Gasteiger partial charge in [-0.15, -0.1) is 0 Å². The van der Waals surface area contributed by atoms with Crippen LogP contribution in [0.15, 0.2) is 18.2 Å². The second-order valence-corrected chi connectivity index (χ2v) is 3.45. The topological polar surface area (TPSA) is 37.3 Å². The Balaban J connectivity index is 3.00. The van der Waals surface area contributed by atoms with Crippen molar-refractivity contribution in [3.05, 3.63) is 33.1 Å². The third-order valence-electron chi connectivity index (χ3n) is 1.37. The molecule has 0 bridgehead atoms. The van der Waals surface area contributed by atoms with Crippen LogP contribution in [-0.4, -0.2) is 11.1 Å². The van der Waals surface area contributed by atoms with E-state index >= 15 is 0 Å². The first-order valence-corrected chi connectivity index (χ1v) is 4.34. The van der Waals surface area contributed by atoms with Gasteiger partial charge in [-0.1, -0.05) is 12.1 Å². The third kappa shape index (κ3) is 2.17. The molecule has 0 saturated carbocycles. The lowest BCUT2D eigenvalue weighted by Crippen LogP contribution is -2.03. The Hall–Kier alpha value is -0.650. The molecule has 12 heavy (non-hydrogen) atoms. The SMILES string of the molecule is O=C(O)Cc1cccc(I)c1F. The molecule has 1 aromatic carbocycles. The second-order valence-electron chi connectivity index (χ2n) is 2.28. The molecule has 2 nitrogen and oxygen atoms in total. The number of carboxylic acids is 1. The molecule has 1 aromatic rings. The van der Waals surface area contributed by atoms with Crippen LogP contribution in [-0.2, 0) is 11.2 Å². The number of carboxylic acid groups (broad SMARTS) is 1. The number of aliphatic carboxylic acids is 1. The summed E-state index contributed by atoms with van der Waals surface area (Å²) < 4.78 is 13.5. The van der Waals surface area contributed by atoms with Gasteiger partial charge in [0.2, 0.25) is 0 Å². The van der Waals surface area contributed by atoms with Crippen molar-refractivity contribution < 1.29 is 14.3 Å². The van der Waals surface area contributed by atoms with Crippen molar-refractivity contribution in [3.63, 3.8) is 0 Å². The van der Waals surface area contributed by atoms with Gasteiger partial charge in [0.25, 0.3) is 0 Å². The number of hydrogen-bond acceptors (Lipinski definition) is 1. The van der Waals surface area contributed by atoms with Gasteiger partial charge in [0.05, 0.1) is 6.42 Å². The molecular weight excluding hydrogens is 274 g/mol. The van der Waals surface area contributed by atoms with E-state index in [-0.39, 0.29) is 12.0 Å². The van der Waals surface area contributed by atoms with E-state index in [9.17, 15) is 9.18 Å². The lowest BCUT2D eigenvalue weighted by atomic mass is 10.1. The van der Waals surface area contributed by atoms with E-state index in [1.54, 1.807) is 12.1 Å². The highest BCUT2D eigenvalue weighted by molar-refractivity contribution is 14.1. The van der Waals surface area contributed by atoms with Crippen LogP contribution in [0.2, 0.25) is 0 Å². The van der Waals surface area contributed by atoms with Crippen molar-refractivity contribution in [2.75, 3.05) is 0 Å². The number of rotatable bonds is 2. The minimum absolute atomic E-state index is 0.231. The van der Waals surface area contributed by atoms with Crippen molar-refractivity contribution >= 4 is 28.6 Å². The average Bonchev–Trinajstić information content (AvgIpc) is 1.98. The quantitative estimate of drug-likeness (QED) is 0.842. The molecule has 0 aliphatic rings. The molecule has 1 rings (SSSR count). The Bertz CT molecular complexity index is 312. The van der Waals surface area contributed by atoms with Crippen LogP contribution >= 0.6 is 22.6 Å². The Labute approximate surface area is 82.5 Å². The molecule has 4 heteroatoms. The third-order valence-corrected chi connectivity index (χ3v) is 2.21. The molecule has 0 spiro atoms. The molecule has 0 heterocycles. The minimum Gasteiger partial charge on any atom is -0.481 e. The van der Waals surface area contributed by atoms with Gasteiger partial charge < -0.3 is 5.11 Å². The predicted molar refractivity (Wildman–Crippen MR) is 50.5 cm³/mol. The molecule has 64 valence electrons. The molecule has 0 aliphatic heterocycles. The largest absolute Gasteiger partial charge is 0.481 e. The van der Waals surface area contributed by atoms with Gasteiger partial charge in [-0.25, -0.2) is 4.39 Å². The summed E-state index contributed by atoms with van der Waals surface area (Å²) in [5.41, 5.74) is 0.231. The molecule has 0 amide bonds. The smallest absolute Gasteiger partial charge is 0.307 e. The number of halogens is 2. The van der Waals surface area contributed by atoms with Gasteiger partial charge in [0.15, 0.2) is 0 Å². The molecule has 0 unspecified atom stereocenters. The fourth-order valence-electron chi connectivity index (χ4n) is 0.848. The summed E-state index contributed by atoms with van der Waals surface area (Å²) in [4.78, 5) is 10.3. The van der Waals surface area contributed by atoms with Crippen LogP contribution in [0.4, 0.5) is 4.39 Å². The summed E-state index contributed by atoms with van der Waals surface area (Å²) in [6.07, 6.45) is -0.261. The highest BCUT2D eigenvalue weighted by atomic mass is 127. The maximum atomic E-state index is 13.1. The molecule has 0 atom stereocenters. The maximum Gasteiger partial charge on any atom is 0.307 e. The summed E-state index contributed by atoms with van der Waals surface area (Å²) in [6.45, 7) is 0. The first kappa shape index (κ1) is 9.44. The van der Waals surface area contributed by atoms with Crippen molar-refractivity contribution in [3.8, 4) is 0 Å². The van der Waals surface area contributed by atoms with E-state index in [1.807, 2.05) is 22.6 Å². The van der Waals surface area contributed by atoms with Crippen molar-refractivity contribution in [2.24, 2.45) is 0 Å². The highest BCUT2D eigenvalue weighted by Gasteiger charge is 2.08. The van der Waals surface area contributed by atoms with E-state index < -0.39 is 11.8 Å². The number of carbonyl (C=O) groups is 1. The van der Waals surface area contributed by atoms with Gasteiger partial charge in [-0.05, 0) is 34.2 Å². The van der Waals surface area contributed by atoms with Gasteiger partial charge in [0.1, 0.15) is 5.82 Å². The van der Waals surface area contributed by atoms with Crippen LogP contribution in [0, 0.1) is 9.39 Å². The summed E-state index contributed by atoms with van der Waals surface area (Å²) in [5, 5.41) is 8.41. The Morgan fingerprint density at radius 1 is 1.58 bits per heavy atom. The lowest BCUT2D eigenvalue weighted by Gasteiger charge is -2.00. The van der Waals surface area contributed by atoms with Gasteiger partial charge >= 0.3 is 5.97 Å². The zero-order valence-corrected chi connectivity index (χ0v) is 8.21. The molecule has 0 radical (unpaired) electrons. The lowest BCUT2D eigenvalue weighted by molar-refractivity contribution is -0.136. The average molecular weight is 280 g/mol. The zero-order chi connectivity index (χ0) is 9.14. The van der Waals surface area contributed by atoms with E-state index in [4.69, 9.17) is 5.11 Å². The summed E-state index contributed by atoms with van der Waals surface area (Å²) in [5.74, 6) is -1.45. The molecule has 0 fully saturated rings. The summed E-state index contributed by atoms with van der Waals surface area (Å²) in [6, 6.07) is 4.72. The van der Waals surface area contributed by atoms with E-state index in [0.717, 1.165) is 0 Å². The van der Waals surface area contributed by atoms with E-state index in [0.29, 0.717) is 3.57 Å². The van der Waals surface area contributed by atoms with E-state index in [2.05, 4.69) is 0 Å². The Kier molecular flexibility index (Phi) is 3.02. The summed E-state index contributed by atoms with van der Waals surface area (Å²) >= 11 is 1.83. The highest BCUT2D eigenvalue weighted by Crippen LogP contribution is 2.15. The van der Waals surface area contributed by atoms with Gasteiger partial charge in [-0.3, -0.25) is 4.79 Å². The van der Waals surface area contributed by atoms with Crippen LogP contribution < -0.4 is 0 Å². The fourth-order valence-corrected chi connectivity index (χ4v) is 1.40. The number of benzene rings is 1. The minimum atomic E-state index is -1.02. The Morgan fingerprint density at radius 2 is 2.25 bits per heavy atom. The molecular formula is C8H6FIO2. The van der Waals surface area contributed by atoms with Crippen molar-refractivity contribution in [2.45, 2.75) is 6.42 Å². The van der Waals surface area contributed by atoms with Crippen LogP contribution in [0.1, 0.15) is 5.56 Å². The first-order valence-electron chi connectivity index (χ1n) is 3.26. The molecule has 0 aromatic heterocycles. The predicted octanol–water partition coefficient (Wildman–Crippen LogP) is 2.06. The van der Waals surface area contributed by atoms with Crippen LogP contribution in [0.5, 0.6) is 0 Å². The van der Waals surface area contributed by atoms with E-state index in [1.165, 1.54) is 6.07 Å². The van der Waals surface area contributed by atoms with Crippen LogP contribution in [0.3, 0.4) is 0 Å². The van der Waals surface area contributed by atoms with Crippen LogP contribution in [0.25, 0.3) is 0 Å². The maximum absolute atomic E-state index is 13.1. The molecule has 0 aliphatic carbocycles. The zero-order valence-electron chi connectivity index (χ0n) is 6.05.